The van der Waals surface area contributed by atoms with Crippen LogP contribution in [0.25, 0.3) is 0 Å². The van der Waals surface area contributed by atoms with Gasteiger partial charge in [0.25, 0.3) is 0 Å². The van der Waals surface area contributed by atoms with E-state index in [1.807, 2.05) is 18.2 Å². The van der Waals surface area contributed by atoms with Gasteiger partial charge in [0.15, 0.2) is 11.6 Å². The number of carbonyl (C=O) groups excluding carboxylic acids is 1. The van der Waals surface area contributed by atoms with Gasteiger partial charge in [0.05, 0.1) is 0 Å². The van der Waals surface area contributed by atoms with Crippen molar-refractivity contribution in [2.24, 2.45) is 5.92 Å². The summed E-state index contributed by atoms with van der Waals surface area (Å²) in [5.41, 5.74) is 2.22. The Bertz CT molecular complexity index is 930. The van der Waals surface area contributed by atoms with Crippen molar-refractivity contribution >= 4 is 22.4 Å². The lowest BCUT2D eigenvalue weighted by Crippen LogP contribution is -2.25. The Morgan fingerprint density at radius 2 is 1.90 bits per heavy atom. The van der Waals surface area contributed by atoms with Crippen LogP contribution < -0.4 is 5.32 Å². The zero-order valence-electron chi connectivity index (χ0n) is 15.9. The molecule has 3 atom stereocenters. The molecule has 2 aromatic carbocycles. The van der Waals surface area contributed by atoms with Crippen molar-refractivity contribution in [2.45, 2.75) is 36.2 Å². The Morgan fingerprint density at radius 1 is 1.10 bits per heavy atom. The van der Waals surface area contributed by atoms with Gasteiger partial charge in [-0.05, 0) is 60.6 Å². The fourth-order valence-corrected chi connectivity index (χ4v) is 5.25. The fourth-order valence-electron chi connectivity index (χ4n) is 3.79. The first-order valence-corrected chi connectivity index (χ1v) is 11.2. The molecule has 29 heavy (non-hydrogen) atoms. The maximum absolute atomic E-state index is 13.4. The first-order valence-electron chi connectivity index (χ1n) is 9.81. The third-order valence-corrected chi connectivity index (χ3v) is 7.38. The van der Waals surface area contributed by atoms with Gasteiger partial charge in [-0.1, -0.05) is 18.2 Å². The Morgan fingerprint density at radius 3 is 2.66 bits per heavy atom. The molecule has 4 nitrogen and oxygen atoms in total. The second-order valence-electron chi connectivity index (χ2n) is 7.65. The van der Waals surface area contributed by atoms with Crippen LogP contribution in [-0.4, -0.2) is 28.6 Å². The summed E-state index contributed by atoms with van der Waals surface area (Å²) in [6.07, 6.45) is 2.25. The Labute approximate surface area is 171 Å². The molecule has 2 fully saturated rings. The van der Waals surface area contributed by atoms with Crippen LogP contribution in [0.1, 0.15) is 36.3 Å². The lowest BCUT2D eigenvalue weighted by atomic mass is 10.1. The molecule has 0 radical (unpaired) electrons. The van der Waals surface area contributed by atoms with E-state index in [2.05, 4.69) is 5.32 Å². The number of ether oxygens (including phenoxy) is 1. The summed E-state index contributed by atoms with van der Waals surface area (Å²) in [6, 6.07) is 11.2. The molecular formula is C22H23F2NO3S. The molecule has 7 heteroatoms. The van der Waals surface area contributed by atoms with Gasteiger partial charge in [-0.25, -0.2) is 8.78 Å². The largest absolute Gasteiger partial charge is 0.381 e. The minimum atomic E-state index is -0.969. The molecule has 1 amide bonds. The number of benzene rings is 2. The highest BCUT2D eigenvalue weighted by Gasteiger charge is 2.44. The summed E-state index contributed by atoms with van der Waals surface area (Å²) in [5.74, 6) is -1.80. The summed E-state index contributed by atoms with van der Waals surface area (Å²) in [4.78, 5) is 12.5. The number of nitrogens with one attached hydrogen (secondary N) is 1. The molecule has 1 aliphatic heterocycles. The minimum Gasteiger partial charge on any atom is -0.381 e. The van der Waals surface area contributed by atoms with Crippen molar-refractivity contribution in [1.82, 2.24) is 0 Å². The molecule has 154 valence electrons. The van der Waals surface area contributed by atoms with Crippen LogP contribution >= 0.6 is 0 Å². The molecule has 1 saturated heterocycles. The lowest BCUT2D eigenvalue weighted by Gasteiger charge is -2.21. The Hall–Kier alpha value is -2.12. The highest BCUT2D eigenvalue weighted by atomic mass is 32.2. The van der Waals surface area contributed by atoms with Crippen molar-refractivity contribution in [1.29, 1.82) is 0 Å². The molecule has 0 aromatic heterocycles. The molecule has 4 rings (SSSR count). The van der Waals surface area contributed by atoms with Gasteiger partial charge in [-0.2, -0.15) is 0 Å². The van der Waals surface area contributed by atoms with Crippen LogP contribution in [0.4, 0.5) is 14.5 Å². The van der Waals surface area contributed by atoms with Gasteiger partial charge in [-0.15, -0.1) is 0 Å². The monoisotopic (exact) mass is 419 g/mol. The number of amides is 1. The average Bonchev–Trinajstić information content (AvgIpc) is 3.52. The third kappa shape index (κ3) is 4.90. The summed E-state index contributed by atoms with van der Waals surface area (Å²) in [5, 5.41) is 3.05. The van der Waals surface area contributed by atoms with Gasteiger partial charge in [0, 0.05) is 46.6 Å². The standard InChI is InChI=1S/C22H23F2NO3S/c23-20-5-4-15(11-21(20)24)18-12-19(18)22(26)25-16-3-1-2-14(10-16)13-29(27)17-6-8-28-9-7-17/h1-5,10-11,17-19H,6-9,12-13H2,(H,25,26). The van der Waals surface area contributed by atoms with Gasteiger partial charge in [0.1, 0.15) is 0 Å². The SMILES string of the molecule is O=C(Nc1cccc(CS(=O)C2CCOCC2)c1)C1CC1c1ccc(F)c(F)c1. The van der Waals surface area contributed by atoms with E-state index >= 15 is 0 Å². The van der Waals surface area contributed by atoms with Crippen LogP contribution in [0, 0.1) is 17.6 Å². The molecule has 1 aliphatic carbocycles. The van der Waals surface area contributed by atoms with Crippen LogP contribution in [0.15, 0.2) is 42.5 Å². The molecule has 1 saturated carbocycles. The predicted molar refractivity (Wildman–Crippen MR) is 108 cm³/mol. The van der Waals surface area contributed by atoms with Crippen molar-refractivity contribution < 1.29 is 22.5 Å². The molecule has 2 aliphatic rings. The second-order valence-corrected chi connectivity index (χ2v) is 9.37. The summed E-state index contributed by atoms with van der Waals surface area (Å²) in [7, 11) is -0.969. The predicted octanol–water partition coefficient (Wildman–Crippen LogP) is 4.13. The zero-order chi connectivity index (χ0) is 20.4. The van der Waals surface area contributed by atoms with Crippen LogP contribution in [0.3, 0.4) is 0 Å². The van der Waals surface area contributed by atoms with Gasteiger partial charge in [-0.3, -0.25) is 9.00 Å². The van der Waals surface area contributed by atoms with Crippen molar-refractivity contribution in [3.8, 4) is 0 Å². The summed E-state index contributed by atoms with van der Waals surface area (Å²) >= 11 is 0. The van der Waals surface area contributed by atoms with E-state index in [4.69, 9.17) is 4.74 Å². The second kappa shape index (κ2) is 8.71. The zero-order valence-corrected chi connectivity index (χ0v) is 16.7. The van der Waals surface area contributed by atoms with Crippen LogP contribution in [0.5, 0.6) is 0 Å². The van der Waals surface area contributed by atoms with E-state index in [1.54, 1.807) is 6.07 Å². The first-order chi connectivity index (χ1) is 14.0. The lowest BCUT2D eigenvalue weighted by molar-refractivity contribution is -0.117. The number of hydrogen-bond donors (Lipinski definition) is 1. The number of hydrogen-bond acceptors (Lipinski definition) is 3. The third-order valence-electron chi connectivity index (χ3n) is 5.54. The number of anilines is 1. The van der Waals surface area contributed by atoms with Crippen LogP contribution in [-0.2, 0) is 26.1 Å². The highest BCUT2D eigenvalue weighted by Crippen LogP contribution is 2.48. The van der Waals surface area contributed by atoms with E-state index in [0.717, 1.165) is 24.5 Å². The number of rotatable bonds is 6. The van der Waals surface area contributed by atoms with E-state index in [-0.39, 0.29) is 23.0 Å². The van der Waals surface area contributed by atoms with Crippen molar-refractivity contribution in [3.05, 3.63) is 65.2 Å². The smallest absolute Gasteiger partial charge is 0.228 e. The molecule has 3 unspecified atom stereocenters. The highest BCUT2D eigenvalue weighted by molar-refractivity contribution is 7.84. The van der Waals surface area contributed by atoms with Crippen molar-refractivity contribution in [2.75, 3.05) is 18.5 Å². The quantitative estimate of drug-likeness (QED) is 0.766. The molecular weight excluding hydrogens is 396 g/mol. The maximum atomic E-state index is 13.4. The fraction of sp³-hybridized carbons (Fsp3) is 0.409. The van der Waals surface area contributed by atoms with Gasteiger partial charge >= 0.3 is 0 Å². The number of halogens is 2. The van der Waals surface area contributed by atoms with Crippen molar-refractivity contribution in [3.63, 3.8) is 0 Å². The van der Waals surface area contributed by atoms with E-state index in [1.165, 1.54) is 12.1 Å². The Balaban J connectivity index is 1.35. The average molecular weight is 419 g/mol. The maximum Gasteiger partial charge on any atom is 0.228 e. The molecule has 2 aromatic rings. The van der Waals surface area contributed by atoms with E-state index in [0.29, 0.717) is 36.6 Å². The van der Waals surface area contributed by atoms with Crippen LogP contribution in [0.2, 0.25) is 0 Å². The minimum absolute atomic E-state index is 0.0886. The molecule has 1 N–H and O–H groups in total. The summed E-state index contributed by atoms with van der Waals surface area (Å²) in [6.45, 7) is 1.32. The van der Waals surface area contributed by atoms with Gasteiger partial charge < -0.3 is 10.1 Å². The Kier molecular flexibility index (Phi) is 6.06. The first kappa shape index (κ1) is 20.2. The number of carbonyl (C=O) groups is 1. The van der Waals surface area contributed by atoms with E-state index < -0.39 is 22.4 Å². The van der Waals surface area contributed by atoms with E-state index in [9.17, 15) is 17.8 Å². The topological polar surface area (TPSA) is 55.4 Å². The molecule has 0 spiro atoms. The molecule has 1 heterocycles. The summed E-state index contributed by atoms with van der Waals surface area (Å²) < 4.78 is 44.4. The normalized spacial score (nSPS) is 22.8. The van der Waals surface area contributed by atoms with Gasteiger partial charge in [0.2, 0.25) is 5.91 Å². The molecule has 0 bridgehead atoms.